The van der Waals surface area contributed by atoms with E-state index in [1.807, 2.05) is 19.1 Å². The molecule has 0 saturated carbocycles. The number of hydrogen-bond donors (Lipinski definition) is 5. The molecule has 186 valence electrons. The predicted molar refractivity (Wildman–Crippen MR) is 124 cm³/mol. The summed E-state index contributed by atoms with van der Waals surface area (Å²) in [6.07, 6.45) is -4.48. The van der Waals surface area contributed by atoms with Gasteiger partial charge in [0.15, 0.2) is 17.8 Å². The second-order valence-corrected chi connectivity index (χ2v) is 9.51. The summed E-state index contributed by atoms with van der Waals surface area (Å²) in [6, 6.07) is 9.10. The van der Waals surface area contributed by atoms with E-state index >= 15 is 0 Å². The zero-order valence-electron chi connectivity index (χ0n) is 19.1. The summed E-state index contributed by atoms with van der Waals surface area (Å²) < 4.78 is 16.7. The van der Waals surface area contributed by atoms with Gasteiger partial charge in [-0.1, -0.05) is 23.7 Å². The highest BCUT2D eigenvalue weighted by molar-refractivity contribution is 6.31. The molecule has 7 atom stereocenters. The molecule has 1 aliphatic carbocycles. The van der Waals surface area contributed by atoms with E-state index in [2.05, 4.69) is 0 Å². The highest BCUT2D eigenvalue weighted by Crippen LogP contribution is 2.47. The van der Waals surface area contributed by atoms with Crippen LogP contribution in [0.15, 0.2) is 30.3 Å². The highest BCUT2D eigenvalue weighted by atomic mass is 35.5. The molecule has 1 heterocycles. The summed E-state index contributed by atoms with van der Waals surface area (Å²) in [7, 11) is 1.48. The van der Waals surface area contributed by atoms with Crippen LogP contribution in [0, 0.1) is 18.8 Å². The number of benzene rings is 2. The van der Waals surface area contributed by atoms with E-state index in [0.717, 1.165) is 22.3 Å². The lowest BCUT2D eigenvalue weighted by Gasteiger charge is -2.41. The lowest BCUT2D eigenvalue weighted by molar-refractivity contribution is -0.274. The van der Waals surface area contributed by atoms with Crippen molar-refractivity contribution in [3.63, 3.8) is 0 Å². The van der Waals surface area contributed by atoms with Crippen molar-refractivity contribution < 1.29 is 39.7 Å². The Labute approximate surface area is 203 Å². The average molecular weight is 495 g/mol. The molecule has 2 aromatic rings. The van der Waals surface area contributed by atoms with Gasteiger partial charge in [0, 0.05) is 17.5 Å². The zero-order chi connectivity index (χ0) is 24.6. The van der Waals surface area contributed by atoms with Crippen LogP contribution in [-0.4, -0.2) is 77.1 Å². The van der Waals surface area contributed by atoms with Crippen LogP contribution in [0.1, 0.15) is 28.2 Å². The van der Waals surface area contributed by atoms with Crippen LogP contribution >= 0.6 is 11.6 Å². The Balaban J connectivity index is 1.72. The molecular formula is C25H31ClO8. The van der Waals surface area contributed by atoms with E-state index in [-0.39, 0.29) is 43.3 Å². The Kier molecular flexibility index (Phi) is 7.69. The number of methoxy groups -OCH3 is 1. The van der Waals surface area contributed by atoms with Gasteiger partial charge in [0.25, 0.3) is 0 Å². The second kappa shape index (κ2) is 10.4. The normalized spacial score (nSPS) is 31.2. The monoisotopic (exact) mass is 494 g/mol. The first-order valence-electron chi connectivity index (χ1n) is 11.3. The first-order valence-corrected chi connectivity index (χ1v) is 11.7. The first kappa shape index (κ1) is 25.2. The number of fused-ring (bicyclic) bond motifs is 1. The Bertz CT molecular complexity index is 1010. The third kappa shape index (κ3) is 4.77. The van der Waals surface area contributed by atoms with Crippen LogP contribution in [0.5, 0.6) is 11.5 Å². The van der Waals surface area contributed by atoms with Gasteiger partial charge in [0.05, 0.1) is 20.3 Å². The zero-order valence-corrected chi connectivity index (χ0v) is 19.9. The van der Waals surface area contributed by atoms with Crippen LogP contribution in [-0.2, 0) is 15.9 Å². The molecule has 1 saturated heterocycles. The number of phenolic OH excluding ortho intramolecular Hbond substituents is 1. The molecule has 0 amide bonds. The van der Waals surface area contributed by atoms with Crippen molar-refractivity contribution in [1.82, 2.24) is 0 Å². The van der Waals surface area contributed by atoms with Gasteiger partial charge in [-0.15, -0.1) is 0 Å². The number of aliphatic hydroxyl groups is 4. The van der Waals surface area contributed by atoms with Gasteiger partial charge in [0.2, 0.25) is 0 Å². The summed E-state index contributed by atoms with van der Waals surface area (Å²) in [5, 5.41) is 51.0. The average Bonchev–Trinajstić information content (AvgIpc) is 2.83. The topological polar surface area (TPSA) is 129 Å². The van der Waals surface area contributed by atoms with E-state index < -0.39 is 24.6 Å². The Morgan fingerprint density at radius 3 is 2.59 bits per heavy atom. The molecule has 2 aromatic carbocycles. The number of rotatable bonds is 6. The van der Waals surface area contributed by atoms with E-state index in [4.69, 9.17) is 25.8 Å². The van der Waals surface area contributed by atoms with Crippen LogP contribution in [0.25, 0.3) is 0 Å². The fourth-order valence-electron chi connectivity index (χ4n) is 5.04. The number of aromatic hydroxyl groups is 1. The minimum atomic E-state index is -1.41. The summed E-state index contributed by atoms with van der Waals surface area (Å²) in [5.41, 5.74) is 3.85. The van der Waals surface area contributed by atoms with E-state index in [1.165, 1.54) is 7.11 Å². The van der Waals surface area contributed by atoms with Crippen molar-refractivity contribution in [2.24, 2.45) is 11.8 Å². The van der Waals surface area contributed by atoms with Gasteiger partial charge in [-0.05, 0) is 65.6 Å². The predicted octanol–water partition coefficient (Wildman–Crippen LogP) is 1.73. The van der Waals surface area contributed by atoms with Crippen molar-refractivity contribution in [1.29, 1.82) is 0 Å². The van der Waals surface area contributed by atoms with Crippen LogP contribution in [0.2, 0.25) is 5.02 Å². The van der Waals surface area contributed by atoms with Crippen molar-refractivity contribution in [2.75, 3.05) is 26.9 Å². The van der Waals surface area contributed by atoms with Crippen molar-refractivity contribution >= 4 is 11.6 Å². The standard InChI is InChI=1S/C25H31ClO8/c1-12-5-14-6-15(9-27)17(10-33-25-24(31)23(30)20(29)11-34-25)22(16(14)8-18(12)26)13-3-4-19(28)21(7-13)32-2/h3-5,7-8,15,17,20,22-25,27-31H,6,9-11H2,1-2H3/t15-,17-,20-,22-,23+,24-,25-/m1/s1. The Morgan fingerprint density at radius 2 is 1.88 bits per heavy atom. The summed E-state index contributed by atoms with van der Waals surface area (Å²) >= 11 is 6.50. The maximum Gasteiger partial charge on any atom is 0.186 e. The van der Waals surface area contributed by atoms with E-state index in [0.29, 0.717) is 17.2 Å². The maximum atomic E-state index is 10.3. The molecule has 8 nitrogen and oxygen atoms in total. The third-order valence-corrected chi connectivity index (χ3v) is 7.38. The molecule has 5 N–H and O–H groups in total. The van der Waals surface area contributed by atoms with E-state index in [1.54, 1.807) is 18.2 Å². The number of hydrogen-bond acceptors (Lipinski definition) is 8. The summed E-state index contributed by atoms with van der Waals surface area (Å²) in [6.45, 7) is 1.80. The SMILES string of the molecule is COc1cc([C@@H]2c3cc(Cl)c(C)cc3C[C@H](CO)[C@H]2CO[C@@H]2OC[C@@H](O)[C@H](O)[C@H]2O)ccc1O. The highest BCUT2D eigenvalue weighted by Gasteiger charge is 2.42. The quantitative estimate of drug-likeness (QED) is 0.410. The summed E-state index contributed by atoms with van der Waals surface area (Å²) in [4.78, 5) is 0. The van der Waals surface area contributed by atoms with Crippen molar-refractivity contribution in [3.8, 4) is 11.5 Å². The smallest absolute Gasteiger partial charge is 0.186 e. The van der Waals surface area contributed by atoms with Crippen LogP contribution in [0.4, 0.5) is 0 Å². The molecule has 2 aliphatic rings. The number of ether oxygens (including phenoxy) is 3. The van der Waals surface area contributed by atoms with Crippen LogP contribution < -0.4 is 4.74 Å². The maximum absolute atomic E-state index is 10.3. The third-order valence-electron chi connectivity index (χ3n) is 6.98. The van der Waals surface area contributed by atoms with Gasteiger partial charge in [0.1, 0.15) is 18.3 Å². The van der Waals surface area contributed by atoms with Gasteiger partial charge >= 0.3 is 0 Å². The van der Waals surface area contributed by atoms with Gasteiger partial charge < -0.3 is 39.7 Å². The Hall–Kier alpha value is -1.91. The number of halogens is 1. The molecule has 0 unspecified atom stereocenters. The second-order valence-electron chi connectivity index (χ2n) is 9.10. The summed E-state index contributed by atoms with van der Waals surface area (Å²) in [5.74, 6) is -0.336. The van der Waals surface area contributed by atoms with Gasteiger partial charge in [-0.3, -0.25) is 0 Å². The fourth-order valence-corrected chi connectivity index (χ4v) is 5.21. The van der Waals surface area contributed by atoms with Gasteiger partial charge in [-0.2, -0.15) is 0 Å². The minimum Gasteiger partial charge on any atom is -0.504 e. The Morgan fingerprint density at radius 1 is 1.12 bits per heavy atom. The molecule has 1 fully saturated rings. The van der Waals surface area contributed by atoms with E-state index in [9.17, 15) is 25.5 Å². The molecule has 9 heteroatoms. The lowest BCUT2D eigenvalue weighted by atomic mass is 9.66. The fraction of sp³-hybridized carbons (Fsp3) is 0.520. The number of aryl methyl sites for hydroxylation is 1. The van der Waals surface area contributed by atoms with Crippen LogP contribution in [0.3, 0.4) is 0 Å². The molecule has 0 spiro atoms. The number of phenols is 1. The molecule has 34 heavy (non-hydrogen) atoms. The lowest BCUT2D eigenvalue weighted by Crippen LogP contribution is -2.54. The molecular weight excluding hydrogens is 464 g/mol. The van der Waals surface area contributed by atoms with Gasteiger partial charge in [-0.25, -0.2) is 0 Å². The molecule has 0 aromatic heterocycles. The molecule has 4 rings (SSSR count). The largest absolute Gasteiger partial charge is 0.504 e. The van der Waals surface area contributed by atoms with Crippen molar-refractivity contribution in [3.05, 3.63) is 57.6 Å². The molecule has 0 bridgehead atoms. The number of aliphatic hydroxyl groups excluding tert-OH is 4. The molecule has 1 aliphatic heterocycles. The minimum absolute atomic E-state index is 0.0157. The van der Waals surface area contributed by atoms with Crippen molar-refractivity contribution in [2.45, 2.75) is 43.9 Å². The molecule has 0 radical (unpaired) electrons. The first-order chi connectivity index (χ1) is 16.2.